The molecular formula is C16H19NO3. The van der Waals surface area contributed by atoms with Gasteiger partial charge in [0.2, 0.25) is 5.91 Å². The van der Waals surface area contributed by atoms with Gasteiger partial charge in [-0.05, 0) is 41.5 Å². The minimum Gasteiger partial charge on any atom is -0.478 e. The monoisotopic (exact) mass is 273 g/mol. The Kier molecular flexibility index (Phi) is 2.85. The van der Waals surface area contributed by atoms with Crippen LogP contribution in [0.2, 0.25) is 0 Å². The highest BCUT2D eigenvalue weighted by atomic mass is 16.4. The van der Waals surface area contributed by atoms with Gasteiger partial charge in [0.1, 0.15) is 0 Å². The van der Waals surface area contributed by atoms with Crippen LogP contribution >= 0.6 is 0 Å². The van der Waals surface area contributed by atoms with Crippen molar-refractivity contribution in [2.75, 3.05) is 6.54 Å². The standard InChI is InChI=1S/C16H19NO3/c1-16(2)8-13(16)14(18)17-6-5-10-3-4-11(15(19)20)7-12(10)9-17/h3-4,7,13H,5-6,8-9H2,1-2H3,(H,19,20). The van der Waals surface area contributed by atoms with Gasteiger partial charge in [-0.2, -0.15) is 0 Å². The fourth-order valence-corrected chi connectivity index (χ4v) is 2.99. The molecule has 20 heavy (non-hydrogen) atoms. The van der Waals surface area contributed by atoms with Crippen LogP contribution in [0.4, 0.5) is 0 Å². The van der Waals surface area contributed by atoms with E-state index in [1.807, 2.05) is 11.0 Å². The average molecular weight is 273 g/mol. The number of hydrogen-bond acceptors (Lipinski definition) is 2. The molecule has 1 saturated carbocycles. The lowest BCUT2D eigenvalue weighted by atomic mass is 9.96. The lowest BCUT2D eigenvalue weighted by molar-refractivity contribution is -0.134. The van der Waals surface area contributed by atoms with E-state index < -0.39 is 5.97 Å². The molecule has 0 radical (unpaired) electrons. The smallest absolute Gasteiger partial charge is 0.335 e. The van der Waals surface area contributed by atoms with Gasteiger partial charge in [-0.3, -0.25) is 4.79 Å². The van der Waals surface area contributed by atoms with E-state index in [-0.39, 0.29) is 17.2 Å². The van der Waals surface area contributed by atoms with Crippen molar-refractivity contribution < 1.29 is 14.7 Å². The number of aromatic carboxylic acids is 1. The van der Waals surface area contributed by atoms with Crippen molar-refractivity contribution in [3.05, 3.63) is 34.9 Å². The minimum absolute atomic E-state index is 0.139. The second-order valence-corrected chi connectivity index (χ2v) is 6.54. The molecule has 0 bridgehead atoms. The third kappa shape index (κ3) is 2.19. The van der Waals surface area contributed by atoms with Crippen LogP contribution in [0.3, 0.4) is 0 Å². The molecule has 4 nitrogen and oxygen atoms in total. The highest BCUT2D eigenvalue weighted by molar-refractivity contribution is 5.88. The van der Waals surface area contributed by atoms with E-state index in [0.717, 1.165) is 30.5 Å². The van der Waals surface area contributed by atoms with Crippen LogP contribution in [0.15, 0.2) is 18.2 Å². The van der Waals surface area contributed by atoms with Crippen LogP contribution in [-0.2, 0) is 17.8 Å². The summed E-state index contributed by atoms with van der Waals surface area (Å²) in [5.74, 6) is -0.548. The zero-order chi connectivity index (χ0) is 14.5. The number of rotatable bonds is 2. The summed E-state index contributed by atoms with van der Waals surface area (Å²) in [7, 11) is 0. The van der Waals surface area contributed by atoms with Crippen molar-refractivity contribution in [2.24, 2.45) is 11.3 Å². The molecule has 3 rings (SSSR count). The Bertz CT molecular complexity index is 591. The van der Waals surface area contributed by atoms with Crippen LogP contribution in [-0.4, -0.2) is 28.4 Å². The van der Waals surface area contributed by atoms with E-state index >= 15 is 0 Å². The minimum atomic E-state index is -0.917. The predicted octanol–water partition coefficient (Wildman–Crippen LogP) is 2.32. The van der Waals surface area contributed by atoms with Gasteiger partial charge >= 0.3 is 5.97 Å². The van der Waals surface area contributed by atoms with Gasteiger partial charge in [-0.1, -0.05) is 19.9 Å². The maximum absolute atomic E-state index is 12.4. The van der Waals surface area contributed by atoms with E-state index in [9.17, 15) is 9.59 Å². The summed E-state index contributed by atoms with van der Waals surface area (Å²) in [5.41, 5.74) is 2.57. The molecule has 1 N–H and O–H groups in total. The summed E-state index contributed by atoms with van der Waals surface area (Å²) in [6, 6.07) is 5.22. The molecule has 0 saturated heterocycles. The molecule has 0 aromatic heterocycles. The molecule has 1 aliphatic carbocycles. The zero-order valence-electron chi connectivity index (χ0n) is 11.8. The molecule has 1 atom stereocenters. The third-order valence-electron chi connectivity index (χ3n) is 4.59. The van der Waals surface area contributed by atoms with Gasteiger partial charge in [-0.15, -0.1) is 0 Å². The Morgan fingerprint density at radius 3 is 2.60 bits per heavy atom. The maximum atomic E-state index is 12.4. The van der Waals surface area contributed by atoms with E-state index in [1.54, 1.807) is 12.1 Å². The normalized spacial score (nSPS) is 23.1. The summed E-state index contributed by atoms with van der Waals surface area (Å²) in [4.78, 5) is 25.3. The number of hydrogen-bond donors (Lipinski definition) is 1. The highest BCUT2D eigenvalue weighted by Crippen LogP contribution is 2.52. The number of carboxylic acids is 1. The van der Waals surface area contributed by atoms with Crippen LogP contribution in [0.5, 0.6) is 0 Å². The summed E-state index contributed by atoms with van der Waals surface area (Å²) >= 11 is 0. The molecule has 2 aliphatic rings. The predicted molar refractivity (Wildman–Crippen MR) is 74.4 cm³/mol. The molecule has 1 unspecified atom stereocenters. The number of carbonyl (C=O) groups excluding carboxylic acids is 1. The fourth-order valence-electron chi connectivity index (χ4n) is 2.99. The van der Waals surface area contributed by atoms with E-state index in [1.165, 1.54) is 0 Å². The van der Waals surface area contributed by atoms with Crippen molar-refractivity contribution in [3.63, 3.8) is 0 Å². The van der Waals surface area contributed by atoms with Gasteiger partial charge in [0, 0.05) is 19.0 Å². The lowest BCUT2D eigenvalue weighted by Gasteiger charge is -2.29. The molecule has 1 heterocycles. The van der Waals surface area contributed by atoms with Crippen LogP contribution in [0.25, 0.3) is 0 Å². The number of benzene rings is 1. The zero-order valence-corrected chi connectivity index (χ0v) is 11.8. The summed E-state index contributed by atoms with van der Waals surface area (Å²) in [6.45, 7) is 5.53. The summed E-state index contributed by atoms with van der Waals surface area (Å²) in [6.07, 6.45) is 1.78. The topological polar surface area (TPSA) is 57.6 Å². The van der Waals surface area contributed by atoms with Crippen LogP contribution in [0.1, 0.15) is 41.8 Å². The molecule has 1 aliphatic heterocycles. The number of fused-ring (bicyclic) bond motifs is 1. The Morgan fingerprint density at radius 2 is 2.00 bits per heavy atom. The number of nitrogens with zero attached hydrogens (tertiary/aromatic N) is 1. The Morgan fingerprint density at radius 1 is 1.30 bits per heavy atom. The van der Waals surface area contributed by atoms with E-state index in [2.05, 4.69) is 13.8 Å². The first kappa shape index (κ1) is 13.2. The quantitative estimate of drug-likeness (QED) is 0.899. The Hall–Kier alpha value is -1.84. The van der Waals surface area contributed by atoms with Gasteiger partial charge in [-0.25, -0.2) is 4.79 Å². The highest BCUT2D eigenvalue weighted by Gasteiger charge is 2.52. The van der Waals surface area contributed by atoms with Gasteiger partial charge < -0.3 is 10.0 Å². The first-order valence-corrected chi connectivity index (χ1v) is 7.02. The molecule has 1 aromatic carbocycles. The Balaban J connectivity index is 1.79. The lowest BCUT2D eigenvalue weighted by Crippen LogP contribution is -2.37. The largest absolute Gasteiger partial charge is 0.478 e. The molecule has 4 heteroatoms. The van der Waals surface area contributed by atoms with Crippen LogP contribution in [0, 0.1) is 11.3 Å². The van der Waals surface area contributed by atoms with Crippen molar-refractivity contribution in [1.82, 2.24) is 4.90 Å². The molecular weight excluding hydrogens is 254 g/mol. The van der Waals surface area contributed by atoms with Crippen molar-refractivity contribution >= 4 is 11.9 Å². The van der Waals surface area contributed by atoms with Gasteiger partial charge in [0.05, 0.1) is 5.56 Å². The average Bonchev–Trinajstić information content (AvgIpc) is 3.05. The van der Waals surface area contributed by atoms with Crippen LogP contribution < -0.4 is 0 Å². The first-order chi connectivity index (χ1) is 9.38. The molecule has 1 aromatic rings. The van der Waals surface area contributed by atoms with Gasteiger partial charge in [0.15, 0.2) is 0 Å². The second kappa shape index (κ2) is 4.33. The first-order valence-electron chi connectivity index (χ1n) is 7.02. The molecule has 1 amide bonds. The van der Waals surface area contributed by atoms with Crippen molar-refractivity contribution in [2.45, 2.75) is 33.2 Å². The molecule has 106 valence electrons. The van der Waals surface area contributed by atoms with Crippen molar-refractivity contribution in [1.29, 1.82) is 0 Å². The summed E-state index contributed by atoms with van der Waals surface area (Å²) in [5, 5.41) is 9.05. The number of carboxylic acid groups (broad SMARTS) is 1. The van der Waals surface area contributed by atoms with E-state index in [4.69, 9.17) is 5.11 Å². The molecule has 1 fully saturated rings. The summed E-state index contributed by atoms with van der Waals surface area (Å²) < 4.78 is 0. The maximum Gasteiger partial charge on any atom is 0.335 e. The Labute approximate surface area is 118 Å². The second-order valence-electron chi connectivity index (χ2n) is 6.54. The molecule has 0 spiro atoms. The number of carbonyl (C=O) groups is 2. The van der Waals surface area contributed by atoms with Crippen molar-refractivity contribution in [3.8, 4) is 0 Å². The fraction of sp³-hybridized carbons (Fsp3) is 0.500. The SMILES string of the molecule is CC1(C)CC1C(=O)N1CCc2ccc(C(=O)O)cc2C1. The van der Waals surface area contributed by atoms with E-state index in [0.29, 0.717) is 12.1 Å². The van der Waals surface area contributed by atoms with Gasteiger partial charge in [0.25, 0.3) is 0 Å². The number of amides is 1. The third-order valence-corrected chi connectivity index (χ3v) is 4.59.